The average molecular weight is 227 g/mol. The quantitative estimate of drug-likeness (QED) is 0.776. The van der Waals surface area contributed by atoms with E-state index < -0.39 is 5.97 Å². The molecule has 0 aromatic carbocycles. The highest BCUT2D eigenvalue weighted by atomic mass is 16.4. The Balaban J connectivity index is 2.15. The first kappa shape index (κ1) is 13.5. The molecule has 1 aliphatic rings. The van der Waals surface area contributed by atoms with Gasteiger partial charge < -0.3 is 10.4 Å². The number of aliphatic carboxylic acids is 1. The van der Waals surface area contributed by atoms with Crippen molar-refractivity contribution in [2.45, 2.75) is 46.5 Å². The van der Waals surface area contributed by atoms with Gasteiger partial charge in [-0.1, -0.05) is 20.8 Å². The summed E-state index contributed by atoms with van der Waals surface area (Å²) in [5.74, 6) is -0.0158. The van der Waals surface area contributed by atoms with E-state index in [2.05, 4.69) is 26.1 Å². The molecule has 0 aliphatic heterocycles. The van der Waals surface area contributed by atoms with Crippen molar-refractivity contribution in [3.8, 4) is 0 Å². The Morgan fingerprint density at radius 2 is 1.81 bits per heavy atom. The van der Waals surface area contributed by atoms with E-state index in [4.69, 9.17) is 5.11 Å². The van der Waals surface area contributed by atoms with Gasteiger partial charge in [-0.2, -0.15) is 0 Å². The second-order valence-corrected chi connectivity index (χ2v) is 6.25. The number of carboxylic acids is 1. The van der Waals surface area contributed by atoms with Crippen LogP contribution in [0.2, 0.25) is 0 Å². The van der Waals surface area contributed by atoms with Crippen LogP contribution in [0.1, 0.15) is 46.5 Å². The fraction of sp³-hybridized carbons (Fsp3) is 0.923. The summed E-state index contributed by atoms with van der Waals surface area (Å²) in [5.41, 5.74) is 0.332. The molecular weight excluding hydrogens is 202 g/mol. The number of hydrogen-bond donors (Lipinski definition) is 2. The smallest absolute Gasteiger partial charge is 0.306 e. The highest BCUT2D eigenvalue weighted by Gasteiger charge is 2.25. The van der Waals surface area contributed by atoms with Crippen molar-refractivity contribution >= 4 is 5.97 Å². The molecule has 1 saturated carbocycles. The minimum absolute atomic E-state index is 0.0844. The van der Waals surface area contributed by atoms with Gasteiger partial charge in [-0.05, 0) is 50.1 Å². The molecule has 1 aliphatic carbocycles. The van der Waals surface area contributed by atoms with E-state index >= 15 is 0 Å². The zero-order valence-corrected chi connectivity index (χ0v) is 10.8. The molecule has 0 aromatic rings. The average Bonchev–Trinajstić information content (AvgIpc) is 2.16. The lowest BCUT2D eigenvalue weighted by Crippen LogP contribution is -2.33. The van der Waals surface area contributed by atoms with Crippen molar-refractivity contribution in [3.05, 3.63) is 0 Å². The van der Waals surface area contributed by atoms with Crippen molar-refractivity contribution in [2.75, 3.05) is 13.1 Å². The van der Waals surface area contributed by atoms with Crippen LogP contribution in [0.4, 0.5) is 0 Å². The third-order valence-electron chi connectivity index (χ3n) is 3.28. The summed E-state index contributed by atoms with van der Waals surface area (Å²) in [4.78, 5) is 10.8. The Kier molecular flexibility index (Phi) is 4.78. The molecule has 0 aromatic heterocycles. The maximum Gasteiger partial charge on any atom is 0.306 e. The third kappa shape index (κ3) is 4.97. The monoisotopic (exact) mass is 227 g/mol. The lowest BCUT2D eigenvalue weighted by molar-refractivity contribution is -0.143. The van der Waals surface area contributed by atoms with Gasteiger partial charge in [-0.15, -0.1) is 0 Å². The van der Waals surface area contributed by atoms with E-state index in [-0.39, 0.29) is 5.92 Å². The lowest BCUT2D eigenvalue weighted by Gasteiger charge is -2.27. The van der Waals surface area contributed by atoms with Gasteiger partial charge in [0.05, 0.1) is 5.92 Å². The first-order valence-corrected chi connectivity index (χ1v) is 6.32. The number of carboxylic acid groups (broad SMARTS) is 1. The maximum absolute atomic E-state index is 10.8. The molecule has 0 bridgehead atoms. The lowest BCUT2D eigenvalue weighted by atomic mass is 9.82. The Hall–Kier alpha value is -0.570. The van der Waals surface area contributed by atoms with Gasteiger partial charge in [-0.3, -0.25) is 4.79 Å². The summed E-state index contributed by atoms with van der Waals surface area (Å²) in [6, 6.07) is 0. The summed E-state index contributed by atoms with van der Waals surface area (Å²) >= 11 is 0. The Bertz CT molecular complexity index is 225. The molecule has 2 N–H and O–H groups in total. The molecule has 3 nitrogen and oxygen atoms in total. The predicted molar refractivity (Wildman–Crippen MR) is 65.4 cm³/mol. The van der Waals surface area contributed by atoms with E-state index in [1.807, 2.05) is 0 Å². The molecule has 1 rings (SSSR count). The highest BCUT2D eigenvalue weighted by molar-refractivity contribution is 5.69. The summed E-state index contributed by atoms with van der Waals surface area (Å²) < 4.78 is 0. The van der Waals surface area contributed by atoms with Crippen LogP contribution < -0.4 is 5.32 Å². The molecule has 0 heterocycles. The van der Waals surface area contributed by atoms with E-state index in [9.17, 15) is 4.79 Å². The Labute approximate surface area is 98.6 Å². The fourth-order valence-corrected chi connectivity index (χ4v) is 2.26. The zero-order valence-electron chi connectivity index (χ0n) is 10.8. The number of rotatable bonds is 4. The van der Waals surface area contributed by atoms with Crippen LogP contribution in [0.25, 0.3) is 0 Å². The van der Waals surface area contributed by atoms with Crippen LogP contribution in [0, 0.1) is 17.3 Å². The van der Waals surface area contributed by atoms with Gasteiger partial charge >= 0.3 is 5.97 Å². The first-order chi connectivity index (χ1) is 7.38. The molecule has 1 fully saturated rings. The molecule has 0 radical (unpaired) electrons. The summed E-state index contributed by atoms with van der Waals surface area (Å²) in [6.07, 6.45) is 3.84. The van der Waals surface area contributed by atoms with Crippen LogP contribution in [-0.2, 0) is 4.79 Å². The Morgan fingerprint density at radius 1 is 1.25 bits per heavy atom. The van der Waals surface area contributed by atoms with Gasteiger partial charge in [0.25, 0.3) is 0 Å². The van der Waals surface area contributed by atoms with Gasteiger partial charge in [0.2, 0.25) is 0 Å². The normalized spacial score (nSPS) is 26.7. The van der Waals surface area contributed by atoms with Crippen LogP contribution in [0.15, 0.2) is 0 Å². The molecular formula is C13H25NO2. The van der Waals surface area contributed by atoms with Gasteiger partial charge in [0, 0.05) is 0 Å². The summed E-state index contributed by atoms with van der Waals surface area (Å²) in [5, 5.41) is 12.4. The van der Waals surface area contributed by atoms with E-state index in [0.29, 0.717) is 11.3 Å². The van der Waals surface area contributed by atoms with Crippen LogP contribution >= 0.6 is 0 Å². The van der Waals surface area contributed by atoms with Crippen molar-refractivity contribution < 1.29 is 9.90 Å². The van der Waals surface area contributed by atoms with Crippen molar-refractivity contribution in [2.24, 2.45) is 17.3 Å². The van der Waals surface area contributed by atoms with Crippen LogP contribution in [-0.4, -0.2) is 24.2 Å². The third-order valence-corrected chi connectivity index (χ3v) is 3.28. The van der Waals surface area contributed by atoms with Gasteiger partial charge in [-0.25, -0.2) is 0 Å². The molecule has 16 heavy (non-hydrogen) atoms. The van der Waals surface area contributed by atoms with Crippen molar-refractivity contribution in [1.29, 1.82) is 0 Å². The standard InChI is InChI=1S/C13H25NO2/c1-13(2,3)9-14-8-10-4-6-11(7-5-10)12(15)16/h10-11,14H,4-9H2,1-3H3,(H,15,16). The maximum atomic E-state index is 10.8. The molecule has 3 heteroatoms. The van der Waals surface area contributed by atoms with E-state index in [1.165, 1.54) is 0 Å². The fourth-order valence-electron chi connectivity index (χ4n) is 2.26. The topological polar surface area (TPSA) is 49.3 Å². The number of nitrogens with one attached hydrogen (secondary N) is 1. The molecule has 0 atom stereocenters. The first-order valence-electron chi connectivity index (χ1n) is 6.32. The summed E-state index contributed by atoms with van der Waals surface area (Å²) in [7, 11) is 0. The largest absolute Gasteiger partial charge is 0.481 e. The predicted octanol–water partition coefficient (Wildman–Crippen LogP) is 2.51. The minimum Gasteiger partial charge on any atom is -0.481 e. The van der Waals surface area contributed by atoms with Crippen LogP contribution in [0.5, 0.6) is 0 Å². The van der Waals surface area contributed by atoms with E-state index in [0.717, 1.165) is 38.8 Å². The van der Waals surface area contributed by atoms with Crippen molar-refractivity contribution in [1.82, 2.24) is 5.32 Å². The molecule has 94 valence electrons. The van der Waals surface area contributed by atoms with E-state index in [1.54, 1.807) is 0 Å². The molecule has 0 saturated heterocycles. The zero-order chi connectivity index (χ0) is 12.2. The SMILES string of the molecule is CC(C)(C)CNCC1CCC(C(=O)O)CC1. The van der Waals surface area contributed by atoms with Crippen molar-refractivity contribution in [3.63, 3.8) is 0 Å². The highest BCUT2D eigenvalue weighted by Crippen LogP contribution is 2.28. The van der Waals surface area contributed by atoms with Gasteiger partial charge in [0.1, 0.15) is 0 Å². The van der Waals surface area contributed by atoms with Gasteiger partial charge in [0.15, 0.2) is 0 Å². The minimum atomic E-state index is -0.610. The summed E-state index contributed by atoms with van der Waals surface area (Å²) in [6.45, 7) is 8.75. The molecule has 0 spiro atoms. The Morgan fingerprint density at radius 3 is 2.25 bits per heavy atom. The number of hydrogen-bond acceptors (Lipinski definition) is 2. The number of carbonyl (C=O) groups is 1. The van der Waals surface area contributed by atoms with Crippen LogP contribution in [0.3, 0.4) is 0 Å². The molecule has 0 unspecified atom stereocenters. The second kappa shape index (κ2) is 5.67. The molecule has 0 amide bonds. The second-order valence-electron chi connectivity index (χ2n) is 6.25.